The smallest absolute Gasteiger partial charge is 0.293 e. The van der Waals surface area contributed by atoms with Crippen molar-refractivity contribution in [1.82, 2.24) is 30.7 Å². The number of nitrogens with one attached hydrogen (secondary N) is 1. The highest BCUT2D eigenvalue weighted by Gasteiger charge is 2.23. The summed E-state index contributed by atoms with van der Waals surface area (Å²) in [5.41, 5.74) is 10.2. The number of benzene rings is 2. The van der Waals surface area contributed by atoms with E-state index in [2.05, 4.69) is 35.8 Å². The van der Waals surface area contributed by atoms with E-state index in [0.29, 0.717) is 23.4 Å². The fraction of sp³-hybridized carbons (Fsp3) is 0.182. The summed E-state index contributed by atoms with van der Waals surface area (Å²) >= 11 is 0. The summed E-state index contributed by atoms with van der Waals surface area (Å²) in [6, 6.07) is 13.2. The van der Waals surface area contributed by atoms with Crippen LogP contribution in [0.5, 0.6) is 5.75 Å². The Balaban J connectivity index is 1.46. The monoisotopic (exact) mass is 464 g/mol. The van der Waals surface area contributed by atoms with E-state index >= 15 is 0 Å². The van der Waals surface area contributed by atoms with Gasteiger partial charge in [-0.25, -0.2) is 14.4 Å². The molecule has 0 saturated carbocycles. The van der Waals surface area contributed by atoms with Gasteiger partial charge in [0, 0.05) is 5.56 Å². The van der Waals surface area contributed by atoms with Crippen molar-refractivity contribution in [3.63, 3.8) is 0 Å². The summed E-state index contributed by atoms with van der Waals surface area (Å²) in [6.45, 7) is 2.20. The van der Waals surface area contributed by atoms with E-state index < -0.39 is 5.91 Å². The third kappa shape index (κ3) is 5.06. The molecule has 0 aliphatic carbocycles. The van der Waals surface area contributed by atoms with Gasteiger partial charge in [0.05, 0.1) is 11.9 Å². The first-order valence-corrected chi connectivity index (χ1v) is 10.4. The van der Waals surface area contributed by atoms with Crippen molar-refractivity contribution in [3.05, 3.63) is 76.9 Å². The average Bonchev–Trinajstić information content (AvgIpc) is 3.45. The van der Waals surface area contributed by atoms with Gasteiger partial charge in [-0.2, -0.15) is 9.78 Å². The lowest BCUT2D eigenvalue weighted by molar-refractivity contribution is 0.0949. The van der Waals surface area contributed by atoms with Gasteiger partial charge in [-0.1, -0.05) is 42.8 Å². The van der Waals surface area contributed by atoms with Gasteiger partial charge in [-0.15, -0.1) is 5.10 Å². The molecule has 2 heterocycles. The first-order valence-electron chi connectivity index (χ1n) is 10.4. The topological polar surface area (TPSA) is 146 Å². The van der Waals surface area contributed by atoms with Crippen LogP contribution in [-0.2, 0) is 13.0 Å². The molecule has 1 amide bonds. The average molecular weight is 464 g/mol. The maximum absolute atomic E-state index is 13.1. The zero-order valence-corrected chi connectivity index (χ0v) is 18.2. The van der Waals surface area contributed by atoms with Crippen LogP contribution >= 0.6 is 0 Å². The molecule has 2 aromatic carbocycles. The van der Waals surface area contributed by atoms with Crippen LogP contribution in [0.2, 0.25) is 0 Å². The number of para-hydroxylation sites is 1. The number of carbonyl (C=O) groups is 1. The number of hydrogen-bond acceptors (Lipinski definition) is 9. The summed E-state index contributed by atoms with van der Waals surface area (Å²) < 4.78 is 24.8. The molecular formula is C22H21FN8O3. The standard InChI is InChI=1S/C22H21FN8O3/c1-2-5-17-19(26-30-31(17)21-20(24)28-34-29-21)22(32)27-25-12-15-6-3-4-7-18(15)33-13-14-8-10-16(23)11-9-14/h3-4,6-12H,2,5,13H2,1H3,(H2,24,28)(H,27,32)/b25-12+. The fourth-order valence-electron chi connectivity index (χ4n) is 3.12. The van der Waals surface area contributed by atoms with Gasteiger partial charge in [0.1, 0.15) is 18.2 Å². The number of nitrogens with two attached hydrogens (primary N) is 1. The molecule has 0 aliphatic heterocycles. The minimum Gasteiger partial charge on any atom is -0.488 e. The maximum Gasteiger partial charge on any atom is 0.293 e. The van der Waals surface area contributed by atoms with Crippen molar-refractivity contribution in [2.24, 2.45) is 5.10 Å². The molecule has 0 fully saturated rings. The number of nitrogen functional groups attached to an aromatic ring is 1. The van der Waals surface area contributed by atoms with E-state index in [-0.39, 0.29) is 29.8 Å². The summed E-state index contributed by atoms with van der Waals surface area (Å²) in [6.07, 6.45) is 2.67. The van der Waals surface area contributed by atoms with Crippen LogP contribution in [0.1, 0.15) is 40.7 Å². The number of hydrazone groups is 1. The number of ether oxygens (including phenoxy) is 1. The molecule has 0 spiro atoms. The summed E-state index contributed by atoms with van der Waals surface area (Å²) in [4.78, 5) is 12.7. The molecule has 11 nitrogen and oxygen atoms in total. The van der Waals surface area contributed by atoms with E-state index in [4.69, 9.17) is 10.5 Å². The molecule has 12 heteroatoms. The van der Waals surface area contributed by atoms with Crippen molar-refractivity contribution in [1.29, 1.82) is 0 Å². The Kier molecular flexibility index (Phi) is 6.87. The van der Waals surface area contributed by atoms with Gasteiger partial charge in [0.15, 0.2) is 5.69 Å². The third-order valence-corrected chi connectivity index (χ3v) is 4.76. The number of halogens is 1. The minimum absolute atomic E-state index is 0.0319. The molecule has 0 radical (unpaired) electrons. The number of aromatic nitrogens is 5. The number of carbonyl (C=O) groups excluding carboxylic acids is 1. The molecular weight excluding hydrogens is 443 g/mol. The van der Waals surface area contributed by atoms with Crippen molar-refractivity contribution in [2.75, 3.05) is 5.73 Å². The lowest BCUT2D eigenvalue weighted by atomic mass is 10.2. The van der Waals surface area contributed by atoms with Crippen LogP contribution in [0.15, 0.2) is 58.3 Å². The third-order valence-electron chi connectivity index (χ3n) is 4.76. The predicted octanol–water partition coefficient (Wildman–Crippen LogP) is 2.67. The quantitative estimate of drug-likeness (QED) is 0.284. The Bertz CT molecular complexity index is 1300. The Labute approximate surface area is 193 Å². The van der Waals surface area contributed by atoms with E-state index in [1.807, 2.05) is 19.1 Å². The number of amides is 1. The molecule has 3 N–H and O–H groups in total. The van der Waals surface area contributed by atoms with Crippen LogP contribution in [0.3, 0.4) is 0 Å². The molecule has 2 aromatic heterocycles. The highest BCUT2D eigenvalue weighted by atomic mass is 19.1. The zero-order valence-electron chi connectivity index (χ0n) is 18.2. The fourth-order valence-corrected chi connectivity index (χ4v) is 3.12. The molecule has 0 unspecified atom stereocenters. The molecule has 4 aromatic rings. The van der Waals surface area contributed by atoms with Gasteiger partial charge in [-0.3, -0.25) is 4.79 Å². The van der Waals surface area contributed by atoms with Gasteiger partial charge in [-0.05, 0) is 46.6 Å². The Morgan fingerprint density at radius 3 is 2.76 bits per heavy atom. The van der Waals surface area contributed by atoms with Gasteiger partial charge >= 0.3 is 0 Å². The zero-order chi connectivity index (χ0) is 23.9. The van der Waals surface area contributed by atoms with Crippen LogP contribution in [0.25, 0.3) is 5.82 Å². The molecule has 0 atom stereocenters. The van der Waals surface area contributed by atoms with E-state index in [0.717, 1.165) is 12.0 Å². The van der Waals surface area contributed by atoms with Gasteiger partial charge < -0.3 is 10.5 Å². The SMILES string of the molecule is CCCc1c(C(=O)N/N=C/c2ccccc2OCc2ccc(F)cc2)nnn1-c1nonc1N. The van der Waals surface area contributed by atoms with Crippen molar-refractivity contribution in [2.45, 2.75) is 26.4 Å². The number of nitrogens with zero attached hydrogens (tertiary/aromatic N) is 6. The van der Waals surface area contributed by atoms with Gasteiger partial charge in [0.25, 0.3) is 5.91 Å². The Morgan fingerprint density at radius 1 is 1.24 bits per heavy atom. The first-order chi connectivity index (χ1) is 16.6. The second kappa shape index (κ2) is 10.3. The maximum atomic E-state index is 13.1. The molecule has 34 heavy (non-hydrogen) atoms. The summed E-state index contributed by atoms with van der Waals surface area (Å²) in [5, 5.41) is 19.2. The van der Waals surface area contributed by atoms with Crippen LogP contribution in [0, 0.1) is 5.82 Å². The highest BCUT2D eigenvalue weighted by Crippen LogP contribution is 2.19. The number of hydrogen-bond donors (Lipinski definition) is 2. The van der Waals surface area contributed by atoms with Crippen LogP contribution < -0.4 is 15.9 Å². The Morgan fingerprint density at radius 2 is 2.03 bits per heavy atom. The highest BCUT2D eigenvalue weighted by molar-refractivity contribution is 5.94. The summed E-state index contributed by atoms with van der Waals surface area (Å²) in [5.74, 6) is -0.118. The van der Waals surface area contributed by atoms with Crippen molar-refractivity contribution < 1.29 is 18.6 Å². The number of anilines is 1. The molecule has 0 saturated heterocycles. The van der Waals surface area contributed by atoms with Crippen LogP contribution in [0.4, 0.5) is 10.2 Å². The molecule has 4 rings (SSSR count). The molecule has 0 bridgehead atoms. The lowest BCUT2D eigenvalue weighted by Gasteiger charge is -2.09. The van der Waals surface area contributed by atoms with E-state index in [1.165, 1.54) is 23.0 Å². The number of rotatable bonds is 9. The molecule has 0 aliphatic rings. The van der Waals surface area contributed by atoms with E-state index in [1.54, 1.807) is 24.3 Å². The van der Waals surface area contributed by atoms with Gasteiger partial charge in [0.2, 0.25) is 11.6 Å². The predicted molar refractivity (Wildman–Crippen MR) is 120 cm³/mol. The first kappa shape index (κ1) is 22.6. The Hall–Kier alpha value is -4.61. The second-order valence-electron chi connectivity index (χ2n) is 7.17. The van der Waals surface area contributed by atoms with E-state index in [9.17, 15) is 9.18 Å². The van der Waals surface area contributed by atoms with Crippen molar-refractivity contribution >= 4 is 17.9 Å². The summed E-state index contributed by atoms with van der Waals surface area (Å²) in [7, 11) is 0. The lowest BCUT2D eigenvalue weighted by Crippen LogP contribution is -2.20. The molecule has 174 valence electrons. The van der Waals surface area contributed by atoms with Crippen LogP contribution in [-0.4, -0.2) is 37.4 Å². The minimum atomic E-state index is -0.550. The largest absolute Gasteiger partial charge is 0.488 e. The van der Waals surface area contributed by atoms with Crippen molar-refractivity contribution in [3.8, 4) is 11.6 Å². The normalized spacial score (nSPS) is 11.1. The second-order valence-corrected chi connectivity index (χ2v) is 7.17.